The van der Waals surface area contributed by atoms with Gasteiger partial charge < -0.3 is 10.1 Å². The third-order valence-electron chi connectivity index (χ3n) is 3.48. The van der Waals surface area contributed by atoms with Crippen LogP contribution in [0.3, 0.4) is 0 Å². The van der Waals surface area contributed by atoms with Gasteiger partial charge in [-0.2, -0.15) is 0 Å². The lowest BCUT2D eigenvalue weighted by Gasteiger charge is -2.17. The minimum absolute atomic E-state index is 0.228. The lowest BCUT2D eigenvalue weighted by Crippen LogP contribution is -2.30. The van der Waals surface area contributed by atoms with Crippen LogP contribution in [0.1, 0.15) is 25.0 Å². The van der Waals surface area contributed by atoms with Crippen molar-refractivity contribution in [2.75, 3.05) is 5.32 Å². The Bertz CT molecular complexity index is 653. The van der Waals surface area contributed by atoms with Gasteiger partial charge in [-0.3, -0.25) is 4.79 Å². The number of halogens is 1. The molecule has 0 saturated carbocycles. The molecule has 0 spiro atoms. The number of hydrogen-bond acceptors (Lipinski definition) is 2. The van der Waals surface area contributed by atoms with Gasteiger partial charge in [0.05, 0.1) is 0 Å². The highest BCUT2D eigenvalue weighted by molar-refractivity contribution is 5.95. The summed E-state index contributed by atoms with van der Waals surface area (Å²) in [6.07, 6.45) is 0.166. The summed E-state index contributed by atoms with van der Waals surface area (Å²) in [6.45, 7) is 5.67. The predicted octanol–water partition coefficient (Wildman–Crippen LogP) is 4.10. The van der Waals surface area contributed by atoms with E-state index in [4.69, 9.17) is 4.74 Å². The van der Waals surface area contributed by atoms with Crippen LogP contribution in [0, 0.1) is 12.7 Å². The van der Waals surface area contributed by atoms with Crippen molar-refractivity contribution in [1.82, 2.24) is 0 Å². The van der Waals surface area contributed by atoms with Crippen molar-refractivity contribution in [1.29, 1.82) is 0 Å². The Morgan fingerprint density at radius 1 is 1.23 bits per heavy atom. The number of para-hydroxylation sites is 1. The highest BCUT2D eigenvalue weighted by Gasteiger charge is 2.17. The van der Waals surface area contributed by atoms with E-state index in [2.05, 4.69) is 5.32 Å². The van der Waals surface area contributed by atoms with E-state index in [9.17, 15) is 9.18 Å². The molecule has 0 aromatic heterocycles. The first-order valence-electron chi connectivity index (χ1n) is 7.33. The maximum absolute atomic E-state index is 12.9. The van der Waals surface area contributed by atoms with Crippen LogP contribution in [-0.4, -0.2) is 12.0 Å². The lowest BCUT2D eigenvalue weighted by atomic mass is 10.1. The van der Waals surface area contributed by atoms with E-state index in [-0.39, 0.29) is 11.7 Å². The highest BCUT2D eigenvalue weighted by Crippen LogP contribution is 2.22. The SMILES string of the molecule is CCc1cccc(C)c1NC(=O)[C@@H](C)Oc1ccc(F)cc1. The largest absolute Gasteiger partial charge is 0.481 e. The Balaban J connectivity index is 2.07. The summed E-state index contributed by atoms with van der Waals surface area (Å²) >= 11 is 0. The van der Waals surface area contributed by atoms with Gasteiger partial charge in [-0.1, -0.05) is 25.1 Å². The molecule has 0 fully saturated rings. The molecule has 2 aromatic rings. The maximum Gasteiger partial charge on any atom is 0.265 e. The first-order valence-corrected chi connectivity index (χ1v) is 7.33. The van der Waals surface area contributed by atoms with Crippen LogP contribution < -0.4 is 10.1 Å². The van der Waals surface area contributed by atoms with Gasteiger partial charge in [0.1, 0.15) is 11.6 Å². The van der Waals surface area contributed by atoms with Crippen molar-refractivity contribution in [2.45, 2.75) is 33.3 Å². The molecule has 4 heteroatoms. The summed E-state index contributed by atoms with van der Waals surface area (Å²) in [5.41, 5.74) is 2.94. The number of hydrogen-bond donors (Lipinski definition) is 1. The number of nitrogens with one attached hydrogen (secondary N) is 1. The molecule has 1 atom stereocenters. The second-order valence-corrected chi connectivity index (χ2v) is 5.17. The van der Waals surface area contributed by atoms with E-state index >= 15 is 0 Å². The maximum atomic E-state index is 12.9. The van der Waals surface area contributed by atoms with Crippen molar-refractivity contribution < 1.29 is 13.9 Å². The van der Waals surface area contributed by atoms with Gasteiger partial charge in [0.25, 0.3) is 5.91 Å². The van der Waals surface area contributed by atoms with Crippen LogP contribution in [-0.2, 0) is 11.2 Å². The zero-order valence-electron chi connectivity index (χ0n) is 13.0. The monoisotopic (exact) mass is 301 g/mol. The number of anilines is 1. The fourth-order valence-electron chi connectivity index (χ4n) is 2.20. The first-order chi connectivity index (χ1) is 10.5. The summed E-state index contributed by atoms with van der Waals surface area (Å²) in [5.74, 6) is -0.102. The molecule has 0 aliphatic rings. The van der Waals surface area contributed by atoms with E-state index in [1.807, 2.05) is 32.0 Å². The Labute approximate surface area is 130 Å². The Morgan fingerprint density at radius 2 is 1.91 bits per heavy atom. The number of benzene rings is 2. The van der Waals surface area contributed by atoms with Crippen LogP contribution >= 0.6 is 0 Å². The van der Waals surface area contributed by atoms with Crippen molar-refractivity contribution in [2.24, 2.45) is 0 Å². The van der Waals surface area contributed by atoms with Crippen molar-refractivity contribution in [3.05, 3.63) is 59.4 Å². The predicted molar refractivity (Wildman–Crippen MR) is 85.7 cm³/mol. The number of carbonyl (C=O) groups excluding carboxylic acids is 1. The van der Waals surface area contributed by atoms with E-state index in [0.717, 1.165) is 23.2 Å². The third kappa shape index (κ3) is 3.85. The van der Waals surface area contributed by atoms with Crippen molar-refractivity contribution >= 4 is 11.6 Å². The average Bonchev–Trinajstić information content (AvgIpc) is 2.51. The average molecular weight is 301 g/mol. The number of carbonyl (C=O) groups is 1. The van der Waals surface area contributed by atoms with Gasteiger partial charge in [-0.15, -0.1) is 0 Å². The van der Waals surface area contributed by atoms with E-state index in [0.29, 0.717) is 5.75 Å². The molecule has 0 heterocycles. The second-order valence-electron chi connectivity index (χ2n) is 5.17. The van der Waals surface area contributed by atoms with Crippen LogP contribution in [0.25, 0.3) is 0 Å². The molecule has 2 rings (SSSR count). The second kappa shape index (κ2) is 7.07. The number of rotatable bonds is 5. The molecule has 0 radical (unpaired) electrons. The molecule has 0 unspecified atom stereocenters. The van der Waals surface area contributed by atoms with E-state index in [1.54, 1.807) is 6.92 Å². The fraction of sp³-hybridized carbons (Fsp3) is 0.278. The van der Waals surface area contributed by atoms with Crippen LogP contribution in [0.5, 0.6) is 5.75 Å². The minimum Gasteiger partial charge on any atom is -0.481 e. The molecule has 116 valence electrons. The number of ether oxygens (including phenoxy) is 1. The van der Waals surface area contributed by atoms with E-state index in [1.165, 1.54) is 24.3 Å². The summed E-state index contributed by atoms with van der Waals surface area (Å²) in [5, 5.41) is 2.92. The van der Waals surface area contributed by atoms with Crippen LogP contribution in [0.15, 0.2) is 42.5 Å². The smallest absolute Gasteiger partial charge is 0.265 e. The first kappa shape index (κ1) is 16.0. The molecular weight excluding hydrogens is 281 g/mol. The molecular formula is C18H20FNO2. The minimum atomic E-state index is -0.672. The summed E-state index contributed by atoms with van der Waals surface area (Å²) in [4.78, 5) is 12.3. The lowest BCUT2D eigenvalue weighted by molar-refractivity contribution is -0.122. The molecule has 0 saturated heterocycles. The Kier molecular flexibility index (Phi) is 5.15. The Hall–Kier alpha value is -2.36. The van der Waals surface area contributed by atoms with E-state index < -0.39 is 6.10 Å². The molecule has 0 bridgehead atoms. The molecule has 2 aromatic carbocycles. The fourth-order valence-corrected chi connectivity index (χ4v) is 2.20. The molecule has 0 aliphatic heterocycles. The summed E-state index contributed by atoms with van der Waals surface area (Å²) < 4.78 is 18.4. The standard InChI is InChI=1S/C18H20FNO2/c1-4-14-7-5-6-12(2)17(14)20-18(21)13(3)22-16-10-8-15(19)9-11-16/h5-11,13H,4H2,1-3H3,(H,20,21)/t13-/m1/s1. The summed E-state index contributed by atoms with van der Waals surface area (Å²) in [6, 6.07) is 11.5. The van der Waals surface area contributed by atoms with Crippen molar-refractivity contribution in [3.8, 4) is 5.75 Å². The van der Waals surface area contributed by atoms with Gasteiger partial charge in [-0.05, 0) is 55.7 Å². The zero-order valence-corrected chi connectivity index (χ0v) is 13.0. The topological polar surface area (TPSA) is 38.3 Å². The number of amides is 1. The van der Waals surface area contributed by atoms with Gasteiger partial charge in [0.2, 0.25) is 0 Å². The molecule has 22 heavy (non-hydrogen) atoms. The molecule has 1 N–H and O–H groups in total. The third-order valence-corrected chi connectivity index (χ3v) is 3.48. The van der Waals surface area contributed by atoms with Gasteiger partial charge in [0.15, 0.2) is 6.10 Å². The molecule has 3 nitrogen and oxygen atoms in total. The van der Waals surface area contributed by atoms with Gasteiger partial charge >= 0.3 is 0 Å². The highest BCUT2D eigenvalue weighted by atomic mass is 19.1. The van der Waals surface area contributed by atoms with Crippen LogP contribution in [0.4, 0.5) is 10.1 Å². The van der Waals surface area contributed by atoms with Crippen LogP contribution in [0.2, 0.25) is 0 Å². The van der Waals surface area contributed by atoms with Gasteiger partial charge in [-0.25, -0.2) is 4.39 Å². The Morgan fingerprint density at radius 3 is 2.55 bits per heavy atom. The zero-order chi connectivity index (χ0) is 16.1. The normalized spacial score (nSPS) is 11.8. The molecule has 0 aliphatic carbocycles. The number of aryl methyl sites for hydroxylation is 2. The quantitative estimate of drug-likeness (QED) is 0.903. The summed E-state index contributed by atoms with van der Waals surface area (Å²) in [7, 11) is 0. The van der Waals surface area contributed by atoms with Gasteiger partial charge in [0, 0.05) is 5.69 Å². The molecule has 1 amide bonds. The van der Waals surface area contributed by atoms with Crippen molar-refractivity contribution in [3.63, 3.8) is 0 Å².